The van der Waals surface area contributed by atoms with E-state index in [4.69, 9.17) is 4.74 Å². The van der Waals surface area contributed by atoms with Crippen molar-refractivity contribution in [2.24, 2.45) is 0 Å². The van der Waals surface area contributed by atoms with E-state index in [1.165, 1.54) is 0 Å². The van der Waals surface area contributed by atoms with Crippen molar-refractivity contribution in [1.29, 1.82) is 0 Å². The maximum Gasteiger partial charge on any atom is 0.135 e. The van der Waals surface area contributed by atoms with E-state index in [2.05, 4.69) is 4.98 Å². The molecule has 132 valence electrons. The summed E-state index contributed by atoms with van der Waals surface area (Å²) in [6.07, 6.45) is -0.725. The fourth-order valence-corrected chi connectivity index (χ4v) is 3.22. The second-order valence-electron chi connectivity index (χ2n) is 6.23. The molecule has 3 aromatic carbocycles. The Bertz CT molecular complexity index is 1040. The fourth-order valence-electron chi connectivity index (χ4n) is 3.22. The van der Waals surface area contributed by atoms with Crippen LogP contribution in [0.2, 0.25) is 0 Å². The van der Waals surface area contributed by atoms with E-state index in [9.17, 15) is 10.2 Å². The number of nitrogens with zero attached hydrogens (tertiary/aromatic N) is 2. The zero-order valence-electron chi connectivity index (χ0n) is 14.2. The average molecular weight is 348 g/mol. The third-order valence-electron chi connectivity index (χ3n) is 4.45. The molecule has 0 aliphatic rings. The minimum Gasteiger partial charge on any atom is -0.490 e. The number of benzene rings is 3. The molecule has 0 saturated carbocycles. The van der Waals surface area contributed by atoms with Crippen molar-refractivity contribution in [3.63, 3.8) is 0 Å². The Morgan fingerprint density at radius 3 is 2.62 bits per heavy atom. The van der Waals surface area contributed by atoms with Crippen LogP contribution in [0.5, 0.6) is 5.75 Å². The first-order valence-electron chi connectivity index (χ1n) is 8.60. The van der Waals surface area contributed by atoms with Crippen LogP contribution < -0.4 is 4.74 Å². The molecule has 1 unspecified atom stereocenters. The van der Waals surface area contributed by atoms with Crippen LogP contribution in [0, 0.1) is 0 Å². The van der Waals surface area contributed by atoms with Crippen LogP contribution in [0.25, 0.3) is 21.8 Å². The van der Waals surface area contributed by atoms with Crippen LogP contribution in [0.1, 0.15) is 5.82 Å². The van der Waals surface area contributed by atoms with Crippen LogP contribution in [0.3, 0.4) is 0 Å². The van der Waals surface area contributed by atoms with E-state index in [0.717, 1.165) is 27.6 Å². The Morgan fingerprint density at radius 1 is 0.962 bits per heavy atom. The molecule has 4 aromatic rings. The summed E-state index contributed by atoms with van der Waals surface area (Å²) in [5, 5.41) is 22.2. The first-order valence-corrected chi connectivity index (χ1v) is 8.60. The summed E-state index contributed by atoms with van der Waals surface area (Å²) in [6.45, 7) is 0.290. The number of aliphatic hydroxyl groups is 2. The molecule has 0 aliphatic carbocycles. The van der Waals surface area contributed by atoms with Gasteiger partial charge in [-0.1, -0.05) is 48.5 Å². The van der Waals surface area contributed by atoms with Crippen molar-refractivity contribution in [2.45, 2.75) is 19.3 Å². The molecule has 0 amide bonds. The molecule has 0 radical (unpaired) electrons. The van der Waals surface area contributed by atoms with E-state index in [1.54, 1.807) is 0 Å². The van der Waals surface area contributed by atoms with E-state index in [-0.39, 0.29) is 13.2 Å². The highest BCUT2D eigenvalue weighted by molar-refractivity contribution is 5.88. The van der Waals surface area contributed by atoms with Gasteiger partial charge in [0.15, 0.2) is 0 Å². The first-order chi connectivity index (χ1) is 12.8. The van der Waals surface area contributed by atoms with Gasteiger partial charge in [-0.05, 0) is 23.6 Å². The molecule has 1 atom stereocenters. The third kappa shape index (κ3) is 3.14. The topological polar surface area (TPSA) is 67.5 Å². The van der Waals surface area contributed by atoms with E-state index in [0.29, 0.717) is 12.4 Å². The number of imidazole rings is 1. The highest BCUT2D eigenvalue weighted by Gasteiger charge is 2.14. The predicted molar refractivity (Wildman–Crippen MR) is 101 cm³/mol. The number of hydrogen-bond donors (Lipinski definition) is 2. The van der Waals surface area contributed by atoms with Gasteiger partial charge in [-0.2, -0.15) is 0 Å². The van der Waals surface area contributed by atoms with Crippen LogP contribution in [-0.4, -0.2) is 32.5 Å². The van der Waals surface area contributed by atoms with Gasteiger partial charge in [0, 0.05) is 5.39 Å². The molecule has 5 nitrogen and oxygen atoms in total. The van der Waals surface area contributed by atoms with Gasteiger partial charge in [-0.15, -0.1) is 0 Å². The van der Waals surface area contributed by atoms with Gasteiger partial charge in [0.25, 0.3) is 0 Å². The molecule has 0 bridgehead atoms. The summed E-state index contributed by atoms with van der Waals surface area (Å²) < 4.78 is 7.71. The number of rotatable bonds is 6. The van der Waals surface area contributed by atoms with Crippen LogP contribution in [0.15, 0.2) is 66.7 Å². The second kappa shape index (κ2) is 7.15. The summed E-state index contributed by atoms with van der Waals surface area (Å²) >= 11 is 0. The average Bonchev–Trinajstić information content (AvgIpc) is 3.04. The lowest BCUT2D eigenvalue weighted by Crippen LogP contribution is -2.24. The van der Waals surface area contributed by atoms with Crippen LogP contribution >= 0.6 is 0 Å². The van der Waals surface area contributed by atoms with Crippen molar-refractivity contribution in [3.8, 4) is 5.75 Å². The summed E-state index contributed by atoms with van der Waals surface area (Å²) in [7, 11) is 0. The Hall–Kier alpha value is -2.89. The molecular formula is C21H20N2O3. The van der Waals surface area contributed by atoms with Crippen LogP contribution in [0.4, 0.5) is 0 Å². The van der Waals surface area contributed by atoms with Crippen LogP contribution in [-0.2, 0) is 13.2 Å². The zero-order chi connectivity index (χ0) is 17.9. The molecule has 1 heterocycles. The van der Waals surface area contributed by atoms with Gasteiger partial charge < -0.3 is 19.5 Å². The van der Waals surface area contributed by atoms with Crippen molar-refractivity contribution >= 4 is 21.8 Å². The lowest BCUT2D eigenvalue weighted by molar-refractivity contribution is 0.0922. The Morgan fingerprint density at radius 2 is 1.73 bits per heavy atom. The second-order valence-corrected chi connectivity index (χ2v) is 6.23. The Kier molecular flexibility index (Phi) is 4.56. The molecule has 0 saturated heterocycles. The molecule has 5 heteroatoms. The number of ether oxygens (including phenoxy) is 1. The molecule has 0 spiro atoms. The molecule has 0 fully saturated rings. The molecule has 4 rings (SSSR count). The zero-order valence-corrected chi connectivity index (χ0v) is 14.2. The quantitative estimate of drug-likeness (QED) is 0.562. The van der Waals surface area contributed by atoms with Gasteiger partial charge in [0.2, 0.25) is 0 Å². The van der Waals surface area contributed by atoms with Gasteiger partial charge in [-0.25, -0.2) is 4.98 Å². The SMILES string of the molecule is OCc1nc2ccccc2n1CC(O)COc1cccc2ccccc12. The summed E-state index contributed by atoms with van der Waals surface area (Å²) in [5.74, 6) is 1.29. The van der Waals surface area contributed by atoms with E-state index >= 15 is 0 Å². The molecule has 2 N–H and O–H groups in total. The number of aromatic nitrogens is 2. The molecular weight excluding hydrogens is 328 g/mol. The number of fused-ring (bicyclic) bond motifs is 2. The highest BCUT2D eigenvalue weighted by atomic mass is 16.5. The summed E-state index contributed by atoms with van der Waals surface area (Å²) in [4.78, 5) is 4.40. The van der Waals surface area contributed by atoms with Crippen molar-refractivity contribution in [2.75, 3.05) is 6.61 Å². The maximum atomic E-state index is 10.5. The minimum atomic E-state index is -0.725. The lowest BCUT2D eigenvalue weighted by atomic mass is 10.1. The normalized spacial score (nSPS) is 12.5. The molecule has 0 aliphatic heterocycles. The Labute approximate surface area is 151 Å². The van der Waals surface area contributed by atoms with Gasteiger partial charge >= 0.3 is 0 Å². The third-order valence-corrected chi connectivity index (χ3v) is 4.45. The highest BCUT2D eigenvalue weighted by Crippen LogP contribution is 2.25. The summed E-state index contributed by atoms with van der Waals surface area (Å²) in [5.41, 5.74) is 1.69. The largest absolute Gasteiger partial charge is 0.490 e. The predicted octanol–water partition coefficient (Wildman–Crippen LogP) is 3.12. The van der Waals surface area contributed by atoms with Gasteiger partial charge in [0.1, 0.15) is 30.9 Å². The first kappa shape index (κ1) is 16.6. The standard InChI is InChI=1S/C21H20N2O3/c24-13-21-22-18-9-3-4-10-19(18)23(21)12-16(25)14-26-20-11-5-7-15-6-1-2-8-17(15)20/h1-11,16,24-25H,12-14H2. The summed E-state index contributed by atoms with van der Waals surface area (Å²) in [6, 6.07) is 21.5. The van der Waals surface area contributed by atoms with Crippen molar-refractivity contribution < 1.29 is 14.9 Å². The molecule has 26 heavy (non-hydrogen) atoms. The maximum absolute atomic E-state index is 10.5. The van der Waals surface area contributed by atoms with Crippen molar-refractivity contribution in [1.82, 2.24) is 9.55 Å². The molecule has 1 aromatic heterocycles. The minimum absolute atomic E-state index is 0.158. The number of para-hydroxylation sites is 2. The number of hydrogen-bond acceptors (Lipinski definition) is 4. The van der Waals surface area contributed by atoms with Crippen molar-refractivity contribution in [3.05, 3.63) is 72.6 Å². The smallest absolute Gasteiger partial charge is 0.135 e. The monoisotopic (exact) mass is 348 g/mol. The van der Waals surface area contributed by atoms with Gasteiger partial charge in [0.05, 0.1) is 17.6 Å². The lowest BCUT2D eigenvalue weighted by Gasteiger charge is -2.16. The number of aliphatic hydroxyl groups excluding tert-OH is 2. The van der Waals surface area contributed by atoms with Gasteiger partial charge in [-0.3, -0.25) is 0 Å². The fraction of sp³-hybridized carbons (Fsp3) is 0.190. The van der Waals surface area contributed by atoms with E-state index < -0.39 is 6.10 Å². The van der Waals surface area contributed by atoms with E-state index in [1.807, 2.05) is 71.3 Å². The Balaban J connectivity index is 1.52.